The van der Waals surface area contributed by atoms with Crippen LogP contribution in [-0.2, 0) is 0 Å². The molecule has 3 saturated heterocycles. The van der Waals surface area contributed by atoms with E-state index in [4.69, 9.17) is 0 Å². The maximum Gasteiger partial charge on any atom is 0.257 e. The zero-order valence-corrected chi connectivity index (χ0v) is 15.1. The first kappa shape index (κ1) is 17.0. The molecule has 0 saturated carbocycles. The number of aryl methyl sites for hydroxylation is 1. The smallest absolute Gasteiger partial charge is 0.257 e. The second-order valence-corrected chi connectivity index (χ2v) is 7.12. The zero-order chi connectivity index (χ0) is 17.9. The largest absolute Gasteiger partial charge is 0.368 e. The average molecular weight is 351 g/mol. The molecule has 0 spiro atoms. The molecule has 2 N–H and O–H groups in total. The van der Waals surface area contributed by atoms with Gasteiger partial charge in [0.1, 0.15) is 5.82 Å². The molecular formula is C20H25N5O. The fourth-order valence-electron chi connectivity index (χ4n) is 3.61. The van der Waals surface area contributed by atoms with Gasteiger partial charge in [-0.2, -0.15) is 0 Å². The Morgan fingerprint density at radius 2 is 1.88 bits per heavy atom. The number of piperazine rings is 3. The van der Waals surface area contributed by atoms with Crippen molar-refractivity contribution in [1.82, 2.24) is 14.8 Å². The molecule has 1 aromatic carbocycles. The second kappa shape index (κ2) is 7.43. The van der Waals surface area contributed by atoms with Crippen molar-refractivity contribution in [3.8, 4) is 0 Å². The quantitative estimate of drug-likeness (QED) is 0.863. The van der Waals surface area contributed by atoms with Gasteiger partial charge in [-0.1, -0.05) is 17.7 Å². The minimum atomic E-state index is -0.142. The van der Waals surface area contributed by atoms with E-state index in [0.717, 1.165) is 37.7 Å². The summed E-state index contributed by atoms with van der Waals surface area (Å²) in [6.45, 7) is 8.76. The summed E-state index contributed by atoms with van der Waals surface area (Å²) >= 11 is 0. The molecule has 6 heteroatoms. The summed E-state index contributed by atoms with van der Waals surface area (Å²) < 4.78 is 0. The van der Waals surface area contributed by atoms with Crippen LogP contribution >= 0.6 is 0 Å². The summed E-state index contributed by atoms with van der Waals surface area (Å²) in [4.78, 5) is 21.8. The number of carbonyl (C=O) groups excluding carboxylic acids is 1. The topological polar surface area (TPSA) is 60.5 Å². The van der Waals surface area contributed by atoms with Gasteiger partial charge in [0, 0.05) is 57.2 Å². The molecule has 5 rings (SSSR count). The van der Waals surface area contributed by atoms with Crippen molar-refractivity contribution < 1.29 is 4.79 Å². The van der Waals surface area contributed by atoms with Crippen molar-refractivity contribution in [1.29, 1.82) is 0 Å². The van der Waals surface area contributed by atoms with Crippen LogP contribution in [-0.4, -0.2) is 66.0 Å². The highest BCUT2D eigenvalue weighted by Crippen LogP contribution is 2.16. The Kier molecular flexibility index (Phi) is 4.86. The third-order valence-electron chi connectivity index (χ3n) is 5.25. The van der Waals surface area contributed by atoms with E-state index in [1.165, 1.54) is 18.7 Å². The molecule has 3 aliphatic rings. The van der Waals surface area contributed by atoms with Crippen molar-refractivity contribution >= 4 is 17.4 Å². The first-order chi connectivity index (χ1) is 12.7. The maximum atomic E-state index is 12.3. The van der Waals surface area contributed by atoms with Gasteiger partial charge in [0.2, 0.25) is 0 Å². The molecular weight excluding hydrogens is 326 g/mol. The highest BCUT2D eigenvalue weighted by atomic mass is 16.1. The Labute approximate surface area is 154 Å². The van der Waals surface area contributed by atoms with Gasteiger partial charge in [-0.25, -0.2) is 4.98 Å². The molecule has 2 aromatic rings. The SMILES string of the molecule is Cc1ccc(NC(=O)c2ccc(NCC3CN4CCN3CC4)nc2)cc1. The van der Waals surface area contributed by atoms with Crippen LogP contribution in [0, 0.1) is 6.92 Å². The average Bonchev–Trinajstić information content (AvgIpc) is 2.69. The van der Waals surface area contributed by atoms with E-state index in [-0.39, 0.29) is 5.91 Å². The molecule has 3 aliphatic heterocycles. The lowest BCUT2D eigenvalue weighted by atomic mass is 10.1. The van der Waals surface area contributed by atoms with Crippen LogP contribution in [0.25, 0.3) is 0 Å². The van der Waals surface area contributed by atoms with E-state index >= 15 is 0 Å². The molecule has 0 aliphatic carbocycles. The third-order valence-corrected chi connectivity index (χ3v) is 5.25. The molecule has 0 radical (unpaired) electrons. The van der Waals surface area contributed by atoms with Gasteiger partial charge in [0.15, 0.2) is 0 Å². The van der Waals surface area contributed by atoms with E-state index in [1.807, 2.05) is 43.3 Å². The number of amides is 1. The van der Waals surface area contributed by atoms with Gasteiger partial charge >= 0.3 is 0 Å². The number of fused-ring (bicyclic) bond motifs is 3. The normalized spacial score (nSPS) is 24.3. The molecule has 136 valence electrons. The molecule has 2 bridgehead atoms. The Morgan fingerprint density at radius 1 is 1.12 bits per heavy atom. The molecule has 1 aromatic heterocycles. The van der Waals surface area contributed by atoms with Crippen LogP contribution < -0.4 is 10.6 Å². The molecule has 3 fully saturated rings. The highest BCUT2D eigenvalue weighted by Gasteiger charge is 2.31. The van der Waals surface area contributed by atoms with Crippen LogP contribution in [0.15, 0.2) is 42.6 Å². The van der Waals surface area contributed by atoms with E-state index < -0.39 is 0 Å². The van der Waals surface area contributed by atoms with E-state index in [1.54, 1.807) is 6.20 Å². The van der Waals surface area contributed by atoms with E-state index in [0.29, 0.717) is 11.6 Å². The van der Waals surface area contributed by atoms with Gasteiger partial charge < -0.3 is 10.6 Å². The molecule has 1 unspecified atom stereocenters. The Balaban J connectivity index is 1.31. The predicted molar refractivity (Wildman–Crippen MR) is 104 cm³/mol. The summed E-state index contributed by atoms with van der Waals surface area (Å²) in [5.41, 5.74) is 2.52. The van der Waals surface area contributed by atoms with Gasteiger partial charge in [0.25, 0.3) is 5.91 Å². The Bertz CT molecular complexity index is 751. The summed E-state index contributed by atoms with van der Waals surface area (Å²) in [6.07, 6.45) is 1.63. The van der Waals surface area contributed by atoms with Gasteiger partial charge in [-0.15, -0.1) is 0 Å². The number of nitrogens with zero attached hydrogens (tertiary/aromatic N) is 3. The molecule has 6 nitrogen and oxygen atoms in total. The second-order valence-electron chi connectivity index (χ2n) is 7.12. The number of hydrogen-bond acceptors (Lipinski definition) is 5. The molecule has 4 heterocycles. The van der Waals surface area contributed by atoms with Crippen LogP contribution in [0.1, 0.15) is 15.9 Å². The lowest BCUT2D eigenvalue weighted by Crippen LogP contribution is -2.62. The van der Waals surface area contributed by atoms with Crippen molar-refractivity contribution in [2.45, 2.75) is 13.0 Å². The van der Waals surface area contributed by atoms with Crippen LogP contribution in [0.5, 0.6) is 0 Å². The summed E-state index contributed by atoms with van der Waals surface area (Å²) in [5, 5.41) is 6.31. The lowest BCUT2D eigenvalue weighted by molar-refractivity contribution is 0.0189. The molecule has 1 atom stereocenters. The predicted octanol–water partition coefficient (Wildman–Crippen LogP) is 2.05. The number of rotatable bonds is 5. The highest BCUT2D eigenvalue weighted by molar-refractivity contribution is 6.04. The van der Waals surface area contributed by atoms with E-state index in [2.05, 4.69) is 25.4 Å². The van der Waals surface area contributed by atoms with Crippen molar-refractivity contribution in [3.63, 3.8) is 0 Å². The van der Waals surface area contributed by atoms with E-state index in [9.17, 15) is 4.79 Å². The number of nitrogens with one attached hydrogen (secondary N) is 2. The number of pyridine rings is 1. The fourth-order valence-corrected chi connectivity index (χ4v) is 3.61. The first-order valence-corrected chi connectivity index (χ1v) is 9.22. The minimum Gasteiger partial charge on any atom is -0.368 e. The van der Waals surface area contributed by atoms with Crippen LogP contribution in [0.4, 0.5) is 11.5 Å². The monoisotopic (exact) mass is 351 g/mol. The number of benzene rings is 1. The Hall–Kier alpha value is -2.44. The van der Waals surface area contributed by atoms with Gasteiger partial charge in [0.05, 0.1) is 5.56 Å². The van der Waals surface area contributed by atoms with Crippen LogP contribution in [0.3, 0.4) is 0 Å². The first-order valence-electron chi connectivity index (χ1n) is 9.22. The third kappa shape index (κ3) is 3.86. The lowest BCUT2D eigenvalue weighted by Gasteiger charge is -2.47. The number of aromatic nitrogens is 1. The van der Waals surface area contributed by atoms with Crippen molar-refractivity contribution in [2.75, 3.05) is 49.9 Å². The summed E-state index contributed by atoms with van der Waals surface area (Å²) in [6, 6.07) is 12.0. The van der Waals surface area contributed by atoms with Crippen molar-refractivity contribution in [3.05, 3.63) is 53.7 Å². The fraction of sp³-hybridized carbons (Fsp3) is 0.400. The number of anilines is 2. The van der Waals surface area contributed by atoms with Gasteiger partial charge in [-0.05, 0) is 31.2 Å². The molecule has 26 heavy (non-hydrogen) atoms. The summed E-state index contributed by atoms with van der Waals surface area (Å²) in [5.74, 6) is 0.672. The number of hydrogen-bond donors (Lipinski definition) is 2. The summed E-state index contributed by atoms with van der Waals surface area (Å²) in [7, 11) is 0. The Morgan fingerprint density at radius 3 is 2.50 bits per heavy atom. The van der Waals surface area contributed by atoms with Crippen molar-refractivity contribution in [2.24, 2.45) is 0 Å². The van der Waals surface area contributed by atoms with Gasteiger partial charge in [-0.3, -0.25) is 14.6 Å². The zero-order valence-electron chi connectivity index (χ0n) is 15.1. The number of carbonyl (C=O) groups is 1. The standard InChI is InChI=1S/C20H25N5O/c1-15-2-5-17(6-3-15)23-20(26)16-4-7-19(21-12-16)22-13-18-14-24-8-10-25(18)11-9-24/h2-7,12,18H,8-11,13-14H2,1H3,(H,21,22)(H,23,26). The minimum absolute atomic E-state index is 0.142. The molecule has 1 amide bonds. The van der Waals surface area contributed by atoms with Crippen LogP contribution in [0.2, 0.25) is 0 Å². The maximum absolute atomic E-state index is 12.3.